The third-order valence-corrected chi connectivity index (χ3v) is 6.63. The highest BCUT2D eigenvalue weighted by Gasteiger charge is 2.32. The van der Waals surface area contributed by atoms with Gasteiger partial charge in [-0.15, -0.1) is 0 Å². The highest BCUT2D eigenvalue weighted by atomic mass is 32.2. The van der Waals surface area contributed by atoms with Crippen LogP contribution in [0.3, 0.4) is 0 Å². The first kappa shape index (κ1) is 17.9. The zero-order chi connectivity index (χ0) is 15.4. The van der Waals surface area contributed by atoms with E-state index in [1.54, 1.807) is 6.92 Å². The van der Waals surface area contributed by atoms with Gasteiger partial charge in [0.2, 0.25) is 10.0 Å². The number of aliphatic hydroxyl groups excluding tert-OH is 1. The van der Waals surface area contributed by atoms with Gasteiger partial charge in [-0.25, -0.2) is 16.8 Å². The Morgan fingerprint density at radius 3 is 2.35 bits per heavy atom. The summed E-state index contributed by atoms with van der Waals surface area (Å²) in [5.74, 6) is -0.727. The van der Waals surface area contributed by atoms with E-state index in [1.807, 2.05) is 0 Å². The maximum absolute atomic E-state index is 12.4. The molecular weight excluding hydrogens is 302 g/mol. The molecule has 20 heavy (non-hydrogen) atoms. The molecule has 120 valence electrons. The summed E-state index contributed by atoms with van der Waals surface area (Å²) in [6, 6.07) is -0.220. The van der Waals surface area contributed by atoms with Crippen LogP contribution in [-0.2, 0) is 19.9 Å². The van der Waals surface area contributed by atoms with Crippen LogP contribution in [0.2, 0.25) is 0 Å². The molecule has 1 aliphatic rings. The van der Waals surface area contributed by atoms with Crippen LogP contribution in [-0.4, -0.2) is 62.7 Å². The Kier molecular flexibility index (Phi) is 6.43. The standard InChI is InChI=1S/C12H25NO5S2/c1-11(14)10-12-6-4-3-5-7-13(12)20(17,18)9-8-19(2,15)16/h11-12,14H,3-10H2,1-2H3. The number of nitrogens with zero attached hydrogens (tertiary/aromatic N) is 1. The minimum atomic E-state index is -3.59. The lowest BCUT2D eigenvalue weighted by atomic mass is 10.1. The van der Waals surface area contributed by atoms with E-state index >= 15 is 0 Å². The molecule has 6 nitrogen and oxygen atoms in total. The van der Waals surface area contributed by atoms with E-state index in [0.717, 1.165) is 31.9 Å². The van der Waals surface area contributed by atoms with E-state index in [1.165, 1.54) is 4.31 Å². The smallest absolute Gasteiger partial charge is 0.215 e. The van der Waals surface area contributed by atoms with Gasteiger partial charge in [0.05, 0.1) is 17.6 Å². The molecule has 0 aliphatic carbocycles. The van der Waals surface area contributed by atoms with E-state index in [0.29, 0.717) is 13.0 Å². The van der Waals surface area contributed by atoms with E-state index in [4.69, 9.17) is 0 Å². The van der Waals surface area contributed by atoms with Gasteiger partial charge in [0, 0.05) is 18.8 Å². The van der Waals surface area contributed by atoms with E-state index in [9.17, 15) is 21.9 Å². The van der Waals surface area contributed by atoms with Crippen molar-refractivity contribution in [1.82, 2.24) is 4.31 Å². The first-order chi connectivity index (χ1) is 9.12. The van der Waals surface area contributed by atoms with Crippen molar-refractivity contribution in [1.29, 1.82) is 0 Å². The number of aliphatic hydroxyl groups is 1. The molecule has 1 saturated heterocycles. The third-order valence-electron chi connectivity index (χ3n) is 3.51. The van der Waals surface area contributed by atoms with E-state index < -0.39 is 26.0 Å². The van der Waals surface area contributed by atoms with Gasteiger partial charge < -0.3 is 5.11 Å². The first-order valence-electron chi connectivity index (χ1n) is 6.97. The summed E-state index contributed by atoms with van der Waals surface area (Å²) in [6.45, 7) is 2.07. The molecule has 1 fully saturated rings. The average molecular weight is 327 g/mol. The molecule has 2 unspecified atom stereocenters. The van der Waals surface area contributed by atoms with Crippen molar-refractivity contribution >= 4 is 19.9 Å². The summed E-state index contributed by atoms with van der Waals surface area (Å²) in [5, 5.41) is 9.52. The molecule has 1 aliphatic heterocycles. The second-order valence-corrected chi connectivity index (χ2v) is 9.95. The maximum Gasteiger partial charge on any atom is 0.215 e. The van der Waals surface area contributed by atoms with Crippen LogP contribution in [0.5, 0.6) is 0 Å². The third kappa shape index (κ3) is 6.07. The Hall–Kier alpha value is -0.180. The average Bonchev–Trinajstić information content (AvgIpc) is 2.51. The molecule has 1 heterocycles. The minimum Gasteiger partial charge on any atom is -0.393 e. The zero-order valence-corrected chi connectivity index (χ0v) is 13.8. The fourth-order valence-electron chi connectivity index (χ4n) is 2.52. The maximum atomic E-state index is 12.4. The minimum absolute atomic E-state index is 0.220. The van der Waals surface area contributed by atoms with Crippen molar-refractivity contribution in [3.8, 4) is 0 Å². The van der Waals surface area contributed by atoms with Crippen LogP contribution >= 0.6 is 0 Å². The normalized spacial score (nSPS) is 24.2. The van der Waals surface area contributed by atoms with Crippen LogP contribution in [0.1, 0.15) is 39.0 Å². The molecule has 1 N–H and O–H groups in total. The Balaban J connectivity index is 2.85. The molecule has 1 rings (SSSR count). The SMILES string of the molecule is CC(O)CC1CCCCCN1S(=O)(=O)CCS(C)(=O)=O. The summed E-state index contributed by atoms with van der Waals surface area (Å²) >= 11 is 0. The Bertz CT molecular complexity index is 498. The lowest BCUT2D eigenvalue weighted by Gasteiger charge is -2.30. The molecule has 0 aromatic carbocycles. The van der Waals surface area contributed by atoms with Gasteiger partial charge in [-0.05, 0) is 26.2 Å². The van der Waals surface area contributed by atoms with Crippen LogP contribution in [0.4, 0.5) is 0 Å². The molecule has 0 radical (unpaired) electrons. The van der Waals surface area contributed by atoms with Crippen LogP contribution in [0.25, 0.3) is 0 Å². The topological polar surface area (TPSA) is 91.8 Å². The summed E-state index contributed by atoms with van der Waals surface area (Å²) in [4.78, 5) is 0. The molecule has 2 atom stereocenters. The quantitative estimate of drug-likeness (QED) is 0.761. The van der Waals surface area contributed by atoms with Crippen molar-refractivity contribution < 1.29 is 21.9 Å². The summed E-state index contributed by atoms with van der Waals surface area (Å²) in [5.41, 5.74) is 0. The summed E-state index contributed by atoms with van der Waals surface area (Å²) < 4.78 is 48.5. The Labute approximate surface area is 122 Å². The predicted molar refractivity (Wildman–Crippen MR) is 78.8 cm³/mol. The van der Waals surface area contributed by atoms with Crippen molar-refractivity contribution in [3.05, 3.63) is 0 Å². The fourth-order valence-corrected chi connectivity index (χ4v) is 5.86. The Morgan fingerprint density at radius 2 is 1.80 bits per heavy atom. The van der Waals surface area contributed by atoms with Gasteiger partial charge in [0.1, 0.15) is 9.84 Å². The first-order valence-corrected chi connectivity index (χ1v) is 10.6. The zero-order valence-electron chi connectivity index (χ0n) is 12.2. The van der Waals surface area contributed by atoms with Crippen molar-refractivity contribution in [2.45, 2.75) is 51.2 Å². The van der Waals surface area contributed by atoms with Gasteiger partial charge in [-0.3, -0.25) is 0 Å². The number of hydrogen-bond donors (Lipinski definition) is 1. The lowest BCUT2D eigenvalue weighted by Crippen LogP contribution is -2.43. The van der Waals surface area contributed by atoms with Crippen molar-refractivity contribution in [2.75, 3.05) is 24.3 Å². The van der Waals surface area contributed by atoms with Gasteiger partial charge in [-0.1, -0.05) is 12.8 Å². The number of sulfonamides is 1. The number of hydrogen-bond acceptors (Lipinski definition) is 5. The molecule has 0 saturated carbocycles. The molecule has 0 aromatic heterocycles. The summed E-state index contributed by atoms with van der Waals surface area (Å²) in [7, 11) is -6.89. The molecule has 0 spiro atoms. The fraction of sp³-hybridized carbons (Fsp3) is 1.00. The summed E-state index contributed by atoms with van der Waals surface area (Å²) in [6.07, 6.45) is 4.29. The molecule has 0 aromatic rings. The molecule has 0 amide bonds. The highest BCUT2D eigenvalue weighted by molar-refractivity contribution is 7.93. The van der Waals surface area contributed by atoms with Crippen LogP contribution < -0.4 is 0 Å². The molecule has 8 heteroatoms. The predicted octanol–water partition coefficient (Wildman–Crippen LogP) is 0.376. The van der Waals surface area contributed by atoms with Gasteiger partial charge in [-0.2, -0.15) is 4.31 Å². The van der Waals surface area contributed by atoms with Crippen LogP contribution in [0.15, 0.2) is 0 Å². The van der Waals surface area contributed by atoms with E-state index in [-0.39, 0.29) is 17.5 Å². The van der Waals surface area contributed by atoms with Crippen molar-refractivity contribution in [2.24, 2.45) is 0 Å². The number of rotatable bonds is 6. The largest absolute Gasteiger partial charge is 0.393 e. The van der Waals surface area contributed by atoms with E-state index in [2.05, 4.69) is 0 Å². The molecular formula is C12H25NO5S2. The molecule has 0 bridgehead atoms. The van der Waals surface area contributed by atoms with Crippen LogP contribution in [0, 0.1) is 0 Å². The van der Waals surface area contributed by atoms with Crippen molar-refractivity contribution in [3.63, 3.8) is 0 Å². The Morgan fingerprint density at radius 1 is 1.15 bits per heavy atom. The second-order valence-electron chi connectivity index (χ2n) is 5.64. The van der Waals surface area contributed by atoms with Gasteiger partial charge >= 0.3 is 0 Å². The number of sulfone groups is 1. The lowest BCUT2D eigenvalue weighted by molar-refractivity contribution is 0.147. The van der Waals surface area contributed by atoms with Gasteiger partial charge in [0.15, 0.2) is 0 Å². The highest BCUT2D eigenvalue weighted by Crippen LogP contribution is 2.23. The second kappa shape index (κ2) is 7.20. The monoisotopic (exact) mass is 327 g/mol. The van der Waals surface area contributed by atoms with Gasteiger partial charge in [0.25, 0.3) is 0 Å².